The second kappa shape index (κ2) is 5.21. The van der Waals surface area contributed by atoms with Crippen molar-refractivity contribution >= 4 is 5.96 Å². The number of aliphatic imine (C=N–C) groups is 1. The van der Waals surface area contributed by atoms with Gasteiger partial charge in [0.1, 0.15) is 6.26 Å². The van der Waals surface area contributed by atoms with Crippen molar-refractivity contribution in [3.05, 3.63) is 12.3 Å². The molecule has 0 radical (unpaired) electrons. The van der Waals surface area contributed by atoms with E-state index in [-0.39, 0.29) is 0 Å². The van der Waals surface area contributed by atoms with E-state index in [1.807, 2.05) is 13.0 Å². The van der Waals surface area contributed by atoms with Crippen molar-refractivity contribution in [1.82, 2.24) is 16.1 Å². The summed E-state index contributed by atoms with van der Waals surface area (Å²) >= 11 is 0. The molecule has 16 heavy (non-hydrogen) atoms. The van der Waals surface area contributed by atoms with Crippen LogP contribution in [-0.2, 0) is 4.84 Å². The highest BCUT2D eigenvalue weighted by atomic mass is 16.6. The van der Waals surface area contributed by atoms with E-state index in [2.05, 4.69) is 48.8 Å². The molecule has 0 aromatic rings. The third kappa shape index (κ3) is 4.10. The van der Waals surface area contributed by atoms with E-state index in [4.69, 9.17) is 4.84 Å². The van der Waals surface area contributed by atoms with Gasteiger partial charge in [-0.15, -0.1) is 5.48 Å². The van der Waals surface area contributed by atoms with Crippen molar-refractivity contribution in [2.24, 2.45) is 4.99 Å². The summed E-state index contributed by atoms with van der Waals surface area (Å²) in [6.45, 7) is 10.3. The lowest BCUT2D eigenvalue weighted by molar-refractivity contribution is 0.109. The van der Waals surface area contributed by atoms with Gasteiger partial charge in [-0.25, -0.2) is 4.99 Å². The van der Waals surface area contributed by atoms with Crippen LogP contribution in [0.1, 0.15) is 34.6 Å². The summed E-state index contributed by atoms with van der Waals surface area (Å²) in [4.78, 5) is 9.54. The minimum Gasteiger partial charge on any atom is -0.414 e. The van der Waals surface area contributed by atoms with Gasteiger partial charge in [-0.1, -0.05) is 0 Å². The van der Waals surface area contributed by atoms with E-state index in [0.717, 1.165) is 5.96 Å². The number of rotatable bonds is 3. The van der Waals surface area contributed by atoms with Crippen LogP contribution in [0.2, 0.25) is 0 Å². The van der Waals surface area contributed by atoms with E-state index in [0.29, 0.717) is 12.1 Å². The minimum atomic E-state index is -0.501. The third-order valence-corrected chi connectivity index (χ3v) is 1.92. The van der Waals surface area contributed by atoms with E-state index >= 15 is 0 Å². The second-order valence-electron chi connectivity index (χ2n) is 4.73. The Kier molecular flexibility index (Phi) is 4.18. The smallest absolute Gasteiger partial charge is 0.193 e. The van der Waals surface area contributed by atoms with Gasteiger partial charge >= 0.3 is 0 Å². The summed E-state index contributed by atoms with van der Waals surface area (Å²) in [6, 6.07) is 0.666. The standard InChI is InChI=1S/C11H22N4O/c1-8(2)12-10(13-9(3)4)14-11(5)6-7-16-15-11/h6-9,15H,1-5H3,(H2,12,13,14). The molecule has 0 saturated heterocycles. The first kappa shape index (κ1) is 12.8. The minimum absolute atomic E-state index is 0.333. The largest absolute Gasteiger partial charge is 0.414 e. The number of nitrogens with zero attached hydrogens (tertiary/aromatic N) is 1. The van der Waals surface area contributed by atoms with Gasteiger partial charge in [0.15, 0.2) is 11.6 Å². The lowest BCUT2D eigenvalue weighted by atomic mass is 10.2. The molecule has 3 N–H and O–H groups in total. The van der Waals surface area contributed by atoms with Crippen molar-refractivity contribution in [1.29, 1.82) is 0 Å². The molecule has 1 aliphatic heterocycles. The van der Waals surface area contributed by atoms with E-state index in [1.54, 1.807) is 6.26 Å². The lowest BCUT2D eigenvalue weighted by Gasteiger charge is -2.22. The molecule has 1 atom stereocenters. The predicted octanol–water partition coefficient (Wildman–Crippen LogP) is 1.10. The molecule has 0 aromatic carbocycles. The highest BCUT2D eigenvalue weighted by Gasteiger charge is 2.25. The maximum Gasteiger partial charge on any atom is 0.193 e. The topological polar surface area (TPSA) is 57.7 Å². The molecule has 1 rings (SSSR count). The van der Waals surface area contributed by atoms with Crippen molar-refractivity contribution in [2.75, 3.05) is 0 Å². The number of hydrogen-bond acceptors (Lipinski definition) is 3. The third-order valence-electron chi connectivity index (χ3n) is 1.92. The molecule has 0 aromatic heterocycles. The molecule has 1 aliphatic rings. The normalized spacial score (nSPS) is 23.4. The van der Waals surface area contributed by atoms with Crippen LogP contribution in [-0.4, -0.2) is 23.7 Å². The van der Waals surface area contributed by atoms with Crippen LogP contribution in [0.15, 0.2) is 17.3 Å². The fourth-order valence-electron chi connectivity index (χ4n) is 1.30. The van der Waals surface area contributed by atoms with Gasteiger partial charge in [-0.05, 0) is 40.7 Å². The fourth-order valence-corrected chi connectivity index (χ4v) is 1.30. The van der Waals surface area contributed by atoms with E-state index < -0.39 is 5.66 Å². The molecule has 92 valence electrons. The molecule has 5 nitrogen and oxygen atoms in total. The van der Waals surface area contributed by atoms with Gasteiger partial charge in [0.25, 0.3) is 0 Å². The Labute approximate surface area is 97.3 Å². The summed E-state index contributed by atoms with van der Waals surface area (Å²) in [7, 11) is 0. The Bertz CT molecular complexity index is 274. The van der Waals surface area contributed by atoms with Gasteiger partial charge in [-0.3, -0.25) is 0 Å². The number of nitrogens with one attached hydrogen (secondary N) is 3. The van der Waals surface area contributed by atoms with Gasteiger partial charge in [0.2, 0.25) is 0 Å². The summed E-state index contributed by atoms with van der Waals surface area (Å²) < 4.78 is 0. The summed E-state index contributed by atoms with van der Waals surface area (Å²) in [5, 5.41) is 6.55. The Morgan fingerprint density at radius 1 is 1.25 bits per heavy atom. The van der Waals surface area contributed by atoms with Gasteiger partial charge in [-0.2, -0.15) is 0 Å². The van der Waals surface area contributed by atoms with Gasteiger partial charge < -0.3 is 15.5 Å². The first-order valence-corrected chi connectivity index (χ1v) is 5.65. The van der Waals surface area contributed by atoms with Gasteiger partial charge in [0, 0.05) is 12.1 Å². The molecule has 0 amide bonds. The maximum absolute atomic E-state index is 4.98. The van der Waals surface area contributed by atoms with Crippen molar-refractivity contribution in [2.45, 2.75) is 52.4 Å². The number of hydrogen-bond donors (Lipinski definition) is 3. The molecule has 1 heterocycles. The first-order valence-electron chi connectivity index (χ1n) is 5.65. The van der Waals surface area contributed by atoms with Crippen LogP contribution in [0.25, 0.3) is 0 Å². The Morgan fingerprint density at radius 3 is 2.19 bits per heavy atom. The fraction of sp³-hybridized carbons (Fsp3) is 0.727. The molecular weight excluding hydrogens is 204 g/mol. The van der Waals surface area contributed by atoms with Crippen molar-refractivity contribution in [3.63, 3.8) is 0 Å². The maximum atomic E-state index is 4.98. The second-order valence-corrected chi connectivity index (χ2v) is 4.73. The van der Waals surface area contributed by atoms with Crippen LogP contribution < -0.4 is 16.1 Å². The molecule has 5 heteroatoms. The SMILES string of the molecule is CC(C)NC(=NC1(C)C=CON1)NC(C)C. The molecule has 0 saturated carbocycles. The highest BCUT2D eigenvalue weighted by Crippen LogP contribution is 2.13. The van der Waals surface area contributed by atoms with Crippen LogP contribution in [0.3, 0.4) is 0 Å². The lowest BCUT2D eigenvalue weighted by Crippen LogP contribution is -2.47. The summed E-state index contributed by atoms with van der Waals surface area (Å²) in [5.41, 5.74) is 2.33. The molecule has 0 aliphatic carbocycles. The average molecular weight is 226 g/mol. The van der Waals surface area contributed by atoms with E-state index in [9.17, 15) is 0 Å². The molecule has 1 unspecified atom stereocenters. The Morgan fingerprint density at radius 2 is 1.81 bits per heavy atom. The monoisotopic (exact) mass is 226 g/mol. The number of hydroxylamine groups is 1. The summed E-state index contributed by atoms with van der Waals surface area (Å²) in [6.07, 6.45) is 3.48. The highest BCUT2D eigenvalue weighted by molar-refractivity contribution is 5.80. The molecule has 0 spiro atoms. The zero-order valence-electron chi connectivity index (χ0n) is 10.7. The first-order chi connectivity index (χ1) is 7.41. The van der Waals surface area contributed by atoms with Crippen LogP contribution in [0.5, 0.6) is 0 Å². The van der Waals surface area contributed by atoms with Crippen LogP contribution >= 0.6 is 0 Å². The quantitative estimate of drug-likeness (QED) is 0.498. The van der Waals surface area contributed by atoms with Crippen LogP contribution in [0.4, 0.5) is 0 Å². The molecule has 0 bridgehead atoms. The van der Waals surface area contributed by atoms with Crippen LogP contribution in [0, 0.1) is 0 Å². The van der Waals surface area contributed by atoms with Crippen molar-refractivity contribution < 1.29 is 4.84 Å². The Hall–Kier alpha value is -1.23. The molecule has 0 fully saturated rings. The Balaban J connectivity index is 2.73. The zero-order chi connectivity index (χ0) is 12.2. The van der Waals surface area contributed by atoms with Crippen molar-refractivity contribution in [3.8, 4) is 0 Å². The average Bonchev–Trinajstić information content (AvgIpc) is 2.48. The van der Waals surface area contributed by atoms with E-state index in [1.165, 1.54) is 0 Å². The summed E-state index contributed by atoms with van der Waals surface area (Å²) in [5.74, 6) is 0.773. The predicted molar refractivity (Wildman–Crippen MR) is 65.7 cm³/mol. The number of guanidine groups is 1. The molecular formula is C11H22N4O. The van der Waals surface area contributed by atoms with Gasteiger partial charge in [0.05, 0.1) is 0 Å². The zero-order valence-corrected chi connectivity index (χ0v) is 10.7.